The summed E-state index contributed by atoms with van der Waals surface area (Å²) in [6.07, 6.45) is 4.19. The number of halogens is 1. The number of guanidine groups is 1. The van der Waals surface area contributed by atoms with E-state index in [1.54, 1.807) is 11.3 Å². The molecule has 7 heteroatoms. The highest BCUT2D eigenvalue weighted by Crippen LogP contribution is 2.17. The molecule has 146 valence electrons. The summed E-state index contributed by atoms with van der Waals surface area (Å²) in [5.41, 5.74) is 2.45. The fraction of sp³-hybridized carbons (Fsp3) is 0.400. The van der Waals surface area contributed by atoms with E-state index >= 15 is 0 Å². The number of benzene rings is 1. The summed E-state index contributed by atoms with van der Waals surface area (Å²) in [5.74, 6) is 0.862. The lowest BCUT2D eigenvalue weighted by atomic mass is 10.2. The van der Waals surface area contributed by atoms with Crippen molar-refractivity contribution in [2.24, 2.45) is 4.99 Å². The molecule has 1 aromatic carbocycles. The first-order chi connectivity index (χ1) is 12.7. The fourth-order valence-corrected chi connectivity index (χ4v) is 4.05. The average Bonchev–Trinajstić information content (AvgIpc) is 3.19. The van der Waals surface area contributed by atoms with Gasteiger partial charge in [0, 0.05) is 49.7 Å². The third-order valence-corrected chi connectivity index (χ3v) is 5.55. The highest BCUT2D eigenvalue weighted by atomic mass is 127. The molecule has 2 N–H and O–H groups in total. The molecule has 0 saturated heterocycles. The van der Waals surface area contributed by atoms with Crippen molar-refractivity contribution in [2.45, 2.75) is 33.2 Å². The molecule has 0 spiro atoms. The van der Waals surface area contributed by atoms with Crippen molar-refractivity contribution in [1.29, 1.82) is 0 Å². The quantitative estimate of drug-likeness (QED) is 0.224. The molecule has 27 heavy (non-hydrogen) atoms. The maximum absolute atomic E-state index is 4.48. The number of para-hydroxylation sites is 1. The number of aromatic nitrogens is 2. The van der Waals surface area contributed by atoms with Crippen LogP contribution in [0.4, 0.5) is 0 Å². The van der Waals surface area contributed by atoms with Crippen LogP contribution in [0.5, 0.6) is 0 Å². The van der Waals surface area contributed by atoms with Gasteiger partial charge < -0.3 is 15.2 Å². The summed E-state index contributed by atoms with van der Waals surface area (Å²) >= 11 is 1.78. The van der Waals surface area contributed by atoms with E-state index in [2.05, 4.69) is 75.6 Å². The molecule has 2 aromatic heterocycles. The number of fused-ring (bicyclic) bond motifs is 1. The van der Waals surface area contributed by atoms with E-state index in [0.29, 0.717) is 0 Å². The van der Waals surface area contributed by atoms with Gasteiger partial charge in [0.2, 0.25) is 0 Å². The van der Waals surface area contributed by atoms with Gasteiger partial charge in [0.05, 0.1) is 10.7 Å². The van der Waals surface area contributed by atoms with Gasteiger partial charge in [0.25, 0.3) is 0 Å². The molecule has 0 saturated carbocycles. The molecule has 3 aromatic rings. The molecular weight excluding hydrogens is 469 g/mol. The maximum Gasteiger partial charge on any atom is 0.190 e. The Morgan fingerprint density at radius 1 is 1.15 bits per heavy atom. The van der Waals surface area contributed by atoms with Crippen molar-refractivity contribution < 1.29 is 0 Å². The Labute approximate surface area is 182 Å². The van der Waals surface area contributed by atoms with Gasteiger partial charge in [0.15, 0.2) is 5.96 Å². The SMILES string of the molecule is CN=C(NCCCn1ccc2ccccc21)NCCc1sc(C)nc1C.I. The lowest BCUT2D eigenvalue weighted by Gasteiger charge is -2.12. The molecule has 0 bridgehead atoms. The van der Waals surface area contributed by atoms with Gasteiger partial charge in [0.1, 0.15) is 0 Å². The summed E-state index contributed by atoms with van der Waals surface area (Å²) in [6.45, 7) is 6.89. The van der Waals surface area contributed by atoms with Crippen LogP contribution in [-0.2, 0) is 13.0 Å². The van der Waals surface area contributed by atoms with Crippen molar-refractivity contribution in [2.75, 3.05) is 20.1 Å². The number of nitrogens with one attached hydrogen (secondary N) is 2. The van der Waals surface area contributed by atoms with Gasteiger partial charge in [-0.25, -0.2) is 4.98 Å². The standard InChI is InChI=1S/C20H27N5S.HI/c1-15-19(26-16(2)24-15)9-12-23-20(21-3)22-11-6-13-25-14-10-17-7-4-5-8-18(17)25;/h4-5,7-8,10,14H,6,9,11-13H2,1-3H3,(H2,21,22,23);1H. The number of hydrogen-bond acceptors (Lipinski definition) is 3. The number of rotatable bonds is 7. The molecule has 5 nitrogen and oxygen atoms in total. The van der Waals surface area contributed by atoms with Crippen LogP contribution < -0.4 is 10.6 Å². The zero-order chi connectivity index (χ0) is 18.4. The maximum atomic E-state index is 4.48. The topological polar surface area (TPSA) is 54.2 Å². The molecule has 0 aliphatic heterocycles. The summed E-state index contributed by atoms with van der Waals surface area (Å²) in [6, 6.07) is 10.7. The van der Waals surface area contributed by atoms with Gasteiger partial charge in [-0.2, -0.15) is 0 Å². The molecule has 0 unspecified atom stereocenters. The van der Waals surface area contributed by atoms with Crippen molar-refractivity contribution in [1.82, 2.24) is 20.2 Å². The van der Waals surface area contributed by atoms with E-state index in [-0.39, 0.29) is 24.0 Å². The number of nitrogens with zero attached hydrogens (tertiary/aromatic N) is 3. The Bertz CT molecular complexity index is 884. The fourth-order valence-electron chi connectivity index (χ4n) is 3.11. The summed E-state index contributed by atoms with van der Waals surface area (Å²) in [5, 5.41) is 9.22. The Morgan fingerprint density at radius 2 is 1.93 bits per heavy atom. The zero-order valence-corrected chi connectivity index (χ0v) is 19.3. The molecule has 2 heterocycles. The van der Waals surface area contributed by atoms with E-state index < -0.39 is 0 Å². The molecule has 0 aliphatic rings. The number of aliphatic imine (C=N–C) groups is 1. The van der Waals surface area contributed by atoms with Crippen molar-refractivity contribution in [3.05, 3.63) is 52.1 Å². The summed E-state index contributed by atoms with van der Waals surface area (Å²) in [7, 11) is 1.82. The van der Waals surface area contributed by atoms with Crippen LogP contribution in [0.3, 0.4) is 0 Å². The minimum atomic E-state index is 0. The highest BCUT2D eigenvalue weighted by Gasteiger charge is 2.05. The minimum absolute atomic E-state index is 0. The predicted molar refractivity (Wildman–Crippen MR) is 127 cm³/mol. The van der Waals surface area contributed by atoms with Crippen LogP contribution in [0.15, 0.2) is 41.5 Å². The van der Waals surface area contributed by atoms with Crippen LogP contribution >= 0.6 is 35.3 Å². The van der Waals surface area contributed by atoms with Gasteiger partial charge >= 0.3 is 0 Å². The summed E-state index contributed by atoms with van der Waals surface area (Å²) in [4.78, 5) is 10.1. The van der Waals surface area contributed by atoms with Crippen molar-refractivity contribution in [3.63, 3.8) is 0 Å². The highest BCUT2D eigenvalue weighted by molar-refractivity contribution is 14.0. The molecule has 0 atom stereocenters. The van der Waals surface area contributed by atoms with E-state index in [1.165, 1.54) is 15.8 Å². The average molecular weight is 497 g/mol. The molecular formula is C20H28IN5S. The van der Waals surface area contributed by atoms with Crippen LogP contribution in [0.2, 0.25) is 0 Å². The second kappa shape index (κ2) is 10.7. The predicted octanol–water partition coefficient (Wildman–Crippen LogP) is 4.13. The second-order valence-electron chi connectivity index (χ2n) is 6.34. The van der Waals surface area contributed by atoms with Crippen molar-refractivity contribution in [3.8, 4) is 0 Å². The first-order valence-corrected chi connectivity index (χ1v) is 9.90. The van der Waals surface area contributed by atoms with Gasteiger partial charge in [-0.1, -0.05) is 18.2 Å². The Hall–Kier alpha value is -1.61. The van der Waals surface area contributed by atoms with E-state index in [0.717, 1.165) is 49.1 Å². The molecule has 0 fully saturated rings. The molecule has 0 aliphatic carbocycles. The first kappa shape index (κ1) is 21.7. The third-order valence-electron chi connectivity index (χ3n) is 4.42. The second-order valence-corrected chi connectivity index (χ2v) is 7.63. The number of hydrogen-bond donors (Lipinski definition) is 2. The summed E-state index contributed by atoms with van der Waals surface area (Å²) < 4.78 is 2.31. The zero-order valence-electron chi connectivity index (χ0n) is 16.2. The van der Waals surface area contributed by atoms with Crippen molar-refractivity contribution >= 4 is 52.2 Å². The smallest absolute Gasteiger partial charge is 0.190 e. The largest absolute Gasteiger partial charge is 0.356 e. The monoisotopic (exact) mass is 497 g/mol. The minimum Gasteiger partial charge on any atom is -0.356 e. The Kier molecular flexibility index (Phi) is 8.56. The van der Waals surface area contributed by atoms with Crippen LogP contribution in [0, 0.1) is 13.8 Å². The number of aryl methyl sites for hydroxylation is 3. The van der Waals surface area contributed by atoms with E-state index in [1.807, 2.05) is 7.05 Å². The van der Waals surface area contributed by atoms with Crippen LogP contribution in [-0.4, -0.2) is 35.6 Å². The lowest BCUT2D eigenvalue weighted by molar-refractivity contribution is 0.640. The molecule has 3 rings (SSSR count). The van der Waals surface area contributed by atoms with E-state index in [4.69, 9.17) is 0 Å². The van der Waals surface area contributed by atoms with Crippen LogP contribution in [0.25, 0.3) is 10.9 Å². The third kappa shape index (κ3) is 5.93. The van der Waals surface area contributed by atoms with Gasteiger partial charge in [-0.15, -0.1) is 35.3 Å². The Balaban J connectivity index is 0.00000261. The lowest BCUT2D eigenvalue weighted by Crippen LogP contribution is -2.38. The van der Waals surface area contributed by atoms with Crippen LogP contribution in [0.1, 0.15) is 22.0 Å². The normalized spacial score (nSPS) is 11.4. The van der Waals surface area contributed by atoms with Gasteiger partial charge in [-0.3, -0.25) is 4.99 Å². The Morgan fingerprint density at radius 3 is 2.67 bits per heavy atom. The van der Waals surface area contributed by atoms with Gasteiger partial charge in [-0.05, 0) is 37.8 Å². The first-order valence-electron chi connectivity index (χ1n) is 9.08. The molecule has 0 amide bonds. The number of thiazole rings is 1. The van der Waals surface area contributed by atoms with E-state index in [9.17, 15) is 0 Å². The molecule has 0 radical (unpaired) electrons.